The molecule has 0 radical (unpaired) electrons. The number of aromatic amines is 1. The van der Waals surface area contributed by atoms with Crippen molar-refractivity contribution >= 4 is 28.4 Å². The fourth-order valence-electron chi connectivity index (χ4n) is 3.55. The van der Waals surface area contributed by atoms with E-state index in [2.05, 4.69) is 25.6 Å². The zero-order valence-corrected chi connectivity index (χ0v) is 15.4. The molecule has 0 aliphatic heterocycles. The summed E-state index contributed by atoms with van der Waals surface area (Å²) >= 11 is 0. The van der Waals surface area contributed by atoms with Gasteiger partial charge < -0.3 is 15.6 Å². The average Bonchev–Trinajstić information content (AvgIpc) is 3.04. The molecule has 8 heteroatoms. The van der Waals surface area contributed by atoms with Gasteiger partial charge in [-0.3, -0.25) is 4.98 Å². The van der Waals surface area contributed by atoms with Crippen LogP contribution in [0.5, 0.6) is 0 Å². The molecule has 4 rings (SSSR count). The molecule has 0 atom stereocenters. The van der Waals surface area contributed by atoms with Crippen molar-refractivity contribution in [3.63, 3.8) is 0 Å². The Balaban J connectivity index is 1.39. The number of alkyl halides is 2. The average molecular weight is 385 g/mol. The molecule has 1 saturated carbocycles. The molecule has 1 aliphatic rings. The number of carbonyl (C=O) groups is 1. The quantitative estimate of drug-likeness (QED) is 0.579. The number of rotatable bonds is 3. The van der Waals surface area contributed by atoms with Crippen molar-refractivity contribution in [3.05, 3.63) is 48.0 Å². The summed E-state index contributed by atoms with van der Waals surface area (Å²) < 4.78 is 26.6. The highest BCUT2D eigenvalue weighted by Gasteiger charge is 2.35. The van der Waals surface area contributed by atoms with Crippen molar-refractivity contribution in [2.45, 2.75) is 44.4 Å². The maximum atomic E-state index is 13.3. The predicted molar refractivity (Wildman–Crippen MR) is 104 cm³/mol. The molecule has 3 heterocycles. The lowest BCUT2D eigenvalue weighted by Crippen LogP contribution is -2.24. The molecule has 0 spiro atoms. The van der Waals surface area contributed by atoms with E-state index in [4.69, 9.17) is 0 Å². The Morgan fingerprint density at radius 2 is 1.96 bits per heavy atom. The van der Waals surface area contributed by atoms with Gasteiger partial charge in [0, 0.05) is 42.2 Å². The molecule has 1 fully saturated rings. The summed E-state index contributed by atoms with van der Waals surface area (Å²) in [5, 5.41) is 6.36. The Morgan fingerprint density at radius 3 is 2.68 bits per heavy atom. The van der Waals surface area contributed by atoms with Crippen molar-refractivity contribution in [3.8, 4) is 0 Å². The second kappa shape index (κ2) is 7.18. The van der Waals surface area contributed by atoms with Crippen LogP contribution < -0.4 is 10.6 Å². The van der Waals surface area contributed by atoms with Gasteiger partial charge in [0.15, 0.2) is 0 Å². The molecule has 0 saturated heterocycles. The van der Waals surface area contributed by atoms with Crippen molar-refractivity contribution < 1.29 is 13.6 Å². The van der Waals surface area contributed by atoms with Crippen molar-refractivity contribution in [2.75, 3.05) is 10.6 Å². The third-order valence-corrected chi connectivity index (χ3v) is 5.10. The Labute approximate surface area is 160 Å². The molecule has 28 heavy (non-hydrogen) atoms. The zero-order chi connectivity index (χ0) is 19.7. The highest BCUT2D eigenvalue weighted by molar-refractivity contribution is 6.05. The normalized spacial score (nSPS) is 16.8. The minimum atomic E-state index is -2.55. The standard InChI is InChI=1S/C20H21F2N5O/c1-12-8-15-17(11-25-18(15)24-9-12)27-19(28)26-14-2-3-16(23-10-14)13-4-6-20(21,22)7-5-13/h2-3,8-11,13H,4-7H2,1H3,(H,24,25)(H2,26,27,28). The van der Waals surface area contributed by atoms with E-state index in [0.717, 1.165) is 16.6 Å². The number of hydrogen-bond acceptors (Lipinski definition) is 3. The number of amides is 2. The van der Waals surface area contributed by atoms with Crippen molar-refractivity contribution in [1.82, 2.24) is 15.0 Å². The van der Waals surface area contributed by atoms with E-state index < -0.39 is 12.0 Å². The van der Waals surface area contributed by atoms with Gasteiger partial charge in [-0.1, -0.05) is 0 Å². The Hall–Kier alpha value is -3.03. The van der Waals surface area contributed by atoms with Gasteiger partial charge in [-0.25, -0.2) is 18.6 Å². The van der Waals surface area contributed by atoms with Crippen LogP contribution in [0.4, 0.5) is 25.0 Å². The number of hydrogen-bond donors (Lipinski definition) is 3. The van der Waals surface area contributed by atoms with Crippen LogP contribution in [0.25, 0.3) is 11.0 Å². The van der Waals surface area contributed by atoms with Gasteiger partial charge in [-0.05, 0) is 43.5 Å². The third kappa shape index (κ3) is 3.95. The van der Waals surface area contributed by atoms with Crippen LogP contribution >= 0.6 is 0 Å². The molecule has 0 aromatic carbocycles. The van der Waals surface area contributed by atoms with Gasteiger partial charge in [0.25, 0.3) is 0 Å². The number of H-pyrrole nitrogens is 1. The first-order valence-corrected chi connectivity index (χ1v) is 9.25. The van der Waals surface area contributed by atoms with Crippen LogP contribution in [-0.4, -0.2) is 26.9 Å². The van der Waals surface area contributed by atoms with Crippen molar-refractivity contribution in [2.24, 2.45) is 0 Å². The highest BCUT2D eigenvalue weighted by Crippen LogP contribution is 2.40. The van der Waals surface area contributed by atoms with E-state index in [1.165, 1.54) is 0 Å². The fourth-order valence-corrected chi connectivity index (χ4v) is 3.55. The number of nitrogens with one attached hydrogen (secondary N) is 3. The zero-order valence-electron chi connectivity index (χ0n) is 15.4. The van der Waals surface area contributed by atoms with Crippen LogP contribution in [0.1, 0.15) is 42.9 Å². The molecule has 2 amide bonds. The SMILES string of the molecule is Cc1cnc2[nH]cc(NC(=O)Nc3ccc(C4CCC(F)(F)CC4)nc3)c2c1. The first kappa shape index (κ1) is 18.3. The van der Waals surface area contributed by atoms with Crippen molar-refractivity contribution in [1.29, 1.82) is 0 Å². The Morgan fingerprint density at radius 1 is 1.18 bits per heavy atom. The maximum absolute atomic E-state index is 13.3. The highest BCUT2D eigenvalue weighted by atomic mass is 19.3. The summed E-state index contributed by atoms with van der Waals surface area (Å²) in [6.07, 6.45) is 5.67. The number of pyridine rings is 2. The molecule has 146 valence electrons. The van der Waals surface area contributed by atoms with E-state index in [9.17, 15) is 13.6 Å². The molecular weight excluding hydrogens is 364 g/mol. The maximum Gasteiger partial charge on any atom is 0.323 e. The Bertz CT molecular complexity index is 990. The second-order valence-electron chi connectivity index (χ2n) is 7.29. The fraction of sp³-hybridized carbons (Fsp3) is 0.350. The second-order valence-corrected chi connectivity index (χ2v) is 7.29. The van der Waals surface area contributed by atoms with Crippen LogP contribution in [0.15, 0.2) is 36.8 Å². The number of halogens is 2. The molecule has 6 nitrogen and oxygen atoms in total. The van der Waals surface area contributed by atoms with Crippen LogP contribution in [0.3, 0.4) is 0 Å². The molecule has 3 N–H and O–H groups in total. The molecular formula is C20H21F2N5O. The summed E-state index contributed by atoms with van der Waals surface area (Å²) in [7, 11) is 0. The lowest BCUT2D eigenvalue weighted by atomic mass is 9.84. The minimum absolute atomic E-state index is 0.0458. The predicted octanol–water partition coefficient (Wildman–Crippen LogP) is 5.20. The van der Waals surface area contributed by atoms with E-state index >= 15 is 0 Å². The summed E-state index contributed by atoms with van der Waals surface area (Å²) in [4.78, 5) is 23.9. The summed E-state index contributed by atoms with van der Waals surface area (Å²) in [6, 6.07) is 5.09. The number of fused-ring (bicyclic) bond motifs is 1. The number of nitrogens with zero attached hydrogens (tertiary/aromatic N) is 2. The van der Waals surface area contributed by atoms with E-state index in [0.29, 0.717) is 29.9 Å². The number of anilines is 2. The minimum Gasteiger partial charge on any atom is -0.344 e. The molecule has 1 aliphatic carbocycles. The van der Waals surface area contributed by atoms with E-state index in [-0.39, 0.29) is 18.8 Å². The summed E-state index contributed by atoms with van der Waals surface area (Å²) in [5.74, 6) is -2.50. The number of urea groups is 1. The molecule has 3 aromatic heterocycles. The number of aryl methyl sites for hydroxylation is 1. The van der Waals surface area contributed by atoms with Gasteiger partial charge in [-0.15, -0.1) is 0 Å². The first-order valence-electron chi connectivity index (χ1n) is 9.25. The van der Waals surface area contributed by atoms with Crippen LogP contribution in [0.2, 0.25) is 0 Å². The number of aromatic nitrogens is 3. The van der Waals surface area contributed by atoms with Gasteiger partial charge >= 0.3 is 6.03 Å². The molecule has 0 unspecified atom stereocenters. The van der Waals surface area contributed by atoms with E-state index in [1.54, 1.807) is 30.7 Å². The lowest BCUT2D eigenvalue weighted by Gasteiger charge is -2.27. The number of carbonyl (C=O) groups excluding carboxylic acids is 1. The van der Waals surface area contributed by atoms with E-state index in [1.807, 2.05) is 13.0 Å². The largest absolute Gasteiger partial charge is 0.344 e. The summed E-state index contributed by atoms with van der Waals surface area (Å²) in [6.45, 7) is 1.93. The molecule has 3 aromatic rings. The smallest absolute Gasteiger partial charge is 0.323 e. The monoisotopic (exact) mass is 385 g/mol. The van der Waals surface area contributed by atoms with Gasteiger partial charge in [-0.2, -0.15) is 0 Å². The lowest BCUT2D eigenvalue weighted by molar-refractivity contribution is -0.0384. The first-order chi connectivity index (χ1) is 13.4. The van der Waals surface area contributed by atoms with Crippen LogP contribution in [0, 0.1) is 6.92 Å². The van der Waals surface area contributed by atoms with Gasteiger partial charge in [0.2, 0.25) is 5.92 Å². The van der Waals surface area contributed by atoms with Gasteiger partial charge in [0.05, 0.1) is 17.6 Å². The van der Waals surface area contributed by atoms with Crippen LogP contribution in [-0.2, 0) is 0 Å². The summed E-state index contributed by atoms with van der Waals surface area (Å²) in [5.41, 5.74) is 3.66. The van der Waals surface area contributed by atoms with Gasteiger partial charge in [0.1, 0.15) is 5.65 Å². The topological polar surface area (TPSA) is 82.7 Å². The Kier molecular flexibility index (Phi) is 4.70. The third-order valence-electron chi connectivity index (χ3n) is 5.10. The molecule has 0 bridgehead atoms.